The Morgan fingerprint density at radius 2 is 2.00 bits per heavy atom. The van der Waals surface area contributed by atoms with Crippen molar-refractivity contribution in [2.45, 2.75) is 25.9 Å². The van der Waals surface area contributed by atoms with Crippen molar-refractivity contribution in [3.05, 3.63) is 35.4 Å². The number of nitrogens with zero attached hydrogens (tertiary/aromatic N) is 1. The number of rotatable bonds is 5. The molecule has 0 aromatic heterocycles. The smallest absolute Gasteiger partial charge is 0.0584 e. The molecule has 18 heavy (non-hydrogen) atoms. The molecule has 0 radical (unpaired) electrons. The fraction of sp³-hybridized carbons (Fsp3) is 0.467. The predicted molar refractivity (Wildman–Crippen MR) is 73.0 cm³/mol. The Labute approximate surface area is 109 Å². The van der Waals surface area contributed by atoms with E-state index in [1.54, 1.807) is 0 Å². The van der Waals surface area contributed by atoms with Crippen molar-refractivity contribution < 1.29 is 10.2 Å². The van der Waals surface area contributed by atoms with Crippen molar-refractivity contribution in [1.82, 2.24) is 4.90 Å². The summed E-state index contributed by atoms with van der Waals surface area (Å²) in [6.45, 7) is 2.98. The third-order valence-corrected chi connectivity index (χ3v) is 2.91. The van der Waals surface area contributed by atoms with E-state index in [9.17, 15) is 0 Å². The lowest BCUT2D eigenvalue weighted by molar-refractivity contribution is 0.154. The molecule has 1 atom stereocenters. The Bertz CT molecular complexity index is 420. The van der Waals surface area contributed by atoms with E-state index < -0.39 is 0 Å². The van der Waals surface area contributed by atoms with E-state index in [1.807, 2.05) is 38.2 Å². The summed E-state index contributed by atoms with van der Waals surface area (Å²) in [7, 11) is 1.98. The molecule has 1 aromatic rings. The van der Waals surface area contributed by atoms with Gasteiger partial charge >= 0.3 is 0 Å². The topological polar surface area (TPSA) is 43.7 Å². The Balaban J connectivity index is 2.80. The number of likely N-dealkylation sites (N-methyl/N-ethyl adjacent to an activating group) is 1. The lowest BCUT2D eigenvalue weighted by Crippen LogP contribution is -2.31. The van der Waals surface area contributed by atoms with Crippen LogP contribution in [0.1, 0.15) is 24.5 Å². The Kier molecular flexibility index (Phi) is 6.45. The van der Waals surface area contributed by atoms with E-state index in [0.717, 1.165) is 17.7 Å². The molecule has 0 aliphatic carbocycles. The molecule has 0 aliphatic heterocycles. The first-order chi connectivity index (χ1) is 8.69. The van der Waals surface area contributed by atoms with Gasteiger partial charge in [0.2, 0.25) is 0 Å². The van der Waals surface area contributed by atoms with E-state index in [2.05, 4.69) is 16.7 Å². The normalized spacial score (nSPS) is 12.1. The number of hydrogen-bond donors (Lipinski definition) is 2. The highest BCUT2D eigenvalue weighted by Gasteiger charge is 2.09. The first-order valence-corrected chi connectivity index (χ1v) is 6.17. The van der Waals surface area contributed by atoms with Gasteiger partial charge in [-0.15, -0.1) is 0 Å². The van der Waals surface area contributed by atoms with Crippen molar-refractivity contribution >= 4 is 0 Å². The molecule has 0 fully saturated rings. The highest BCUT2D eigenvalue weighted by Crippen LogP contribution is 2.11. The summed E-state index contributed by atoms with van der Waals surface area (Å²) in [6.07, 6.45) is 0.497. The number of aliphatic hydroxyl groups is 2. The van der Waals surface area contributed by atoms with Crippen molar-refractivity contribution in [2.75, 3.05) is 20.3 Å². The highest BCUT2D eigenvalue weighted by molar-refractivity contribution is 5.41. The maximum absolute atomic E-state index is 9.13. The van der Waals surface area contributed by atoms with Crippen LogP contribution in [-0.4, -0.2) is 41.4 Å². The second-order valence-electron chi connectivity index (χ2n) is 4.38. The molecular formula is C15H21NO2. The number of aliphatic hydroxyl groups excluding tert-OH is 2. The highest BCUT2D eigenvalue weighted by atomic mass is 16.3. The molecule has 98 valence electrons. The van der Waals surface area contributed by atoms with Gasteiger partial charge in [-0.25, -0.2) is 0 Å². The van der Waals surface area contributed by atoms with Crippen LogP contribution >= 0.6 is 0 Å². The van der Waals surface area contributed by atoms with Crippen LogP contribution in [0.5, 0.6) is 0 Å². The second-order valence-corrected chi connectivity index (χ2v) is 4.38. The molecule has 0 amide bonds. The largest absolute Gasteiger partial charge is 0.395 e. The van der Waals surface area contributed by atoms with Gasteiger partial charge in [-0.05, 0) is 25.6 Å². The van der Waals surface area contributed by atoms with Crippen LogP contribution in [0.3, 0.4) is 0 Å². The van der Waals surface area contributed by atoms with Crippen LogP contribution in [0.25, 0.3) is 0 Å². The van der Waals surface area contributed by atoms with Crippen LogP contribution in [0, 0.1) is 11.8 Å². The minimum absolute atomic E-state index is 0.0939. The Hall–Kier alpha value is -1.34. The average molecular weight is 247 g/mol. The second kappa shape index (κ2) is 7.88. The fourth-order valence-corrected chi connectivity index (χ4v) is 1.56. The first-order valence-electron chi connectivity index (χ1n) is 6.17. The van der Waals surface area contributed by atoms with Gasteiger partial charge < -0.3 is 10.2 Å². The zero-order valence-electron chi connectivity index (χ0n) is 11.1. The minimum atomic E-state index is 0.0939. The molecule has 1 unspecified atom stereocenters. The summed E-state index contributed by atoms with van der Waals surface area (Å²) in [5, 5.41) is 17.9. The van der Waals surface area contributed by atoms with E-state index >= 15 is 0 Å². The van der Waals surface area contributed by atoms with Crippen molar-refractivity contribution in [1.29, 1.82) is 0 Å². The summed E-state index contributed by atoms with van der Waals surface area (Å²) in [5.74, 6) is 6.02. The molecule has 0 spiro atoms. The first kappa shape index (κ1) is 14.7. The number of benzene rings is 1. The zero-order chi connectivity index (χ0) is 13.4. The van der Waals surface area contributed by atoms with Gasteiger partial charge in [-0.2, -0.15) is 0 Å². The molecule has 0 bridgehead atoms. The van der Waals surface area contributed by atoms with E-state index in [0.29, 0.717) is 6.42 Å². The van der Waals surface area contributed by atoms with Gasteiger partial charge in [0.1, 0.15) is 0 Å². The van der Waals surface area contributed by atoms with Crippen LogP contribution in [0.15, 0.2) is 24.3 Å². The summed E-state index contributed by atoms with van der Waals surface area (Å²) in [5.41, 5.74) is 2.13. The molecule has 3 heteroatoms. The van der Waals surface area contributed by atoms with Gasteiger partial charge in [0.05, 0.1) is 13.2 Å². The average Bonchev–Trinajstić information content (AvgIpc) is 2.40. The maximum atomic E-state index is 9.13. The van der Waals surface area contributed by atoms with Gasteiger partial charge in [-0.3, -0.25) is 4.90 Å². The SMILES string of the molecule is CC(CO)N(C)Cc1ccccc1C#CCCO. The monoisotopic (exact) mass is 247 g/mol. The fourth-order valence-electron chi connectivity index (χ4n) is 1.56. The summed E-state index contributed by atoms with van der Waals surface area (Å²) >= 11 is 0. The third kappa shape index (κ3) is 4.50. The van der Waals surface area contributed by atoms with Crippen molar-refractivity contribution in [3.8, 4) is 11.8 Å². The molecule has 2 N–H and O–H groups in total. The summed E-state index contributed by atoms with van der Waals surface area (Å²) in [4.78, 5) is 2.09. The lowest BCUT2D eigenvalue weighted by atomic mass is 10.1. The van der Waals surface area contributed by atoms with Crippen LogP contribution in [-0.2, 0) is 6.54 Å². The molecule has 3 nitrogen and oxygen atoms in total. The molecular weight excluding hydrogens is 226 g/mol. The number of hydrogen-bond acceptors (Lipinski definition) is 3. The lowest BCUT2D eigenvalue weighted by Gasteiger charge is -2.23. The molecule has 0 heterocycles. The molecule has 0 saturated carbocycles. The standard InChI is InChI=1S/C15H21NO2/c1-13(12-18)16(2)11-15-9-4-3-7-14(15)8-5-6-10-17/h3-4,7,9,13,17-18H,6,10-12H2,1-2H3. The van der Waals surface area contributed by atoms with Gasteiger partial charge in [0.25, 0.3) is 0 Å². The molecule has 0 aliphatic rings. The van der Waals surface area contributed by atoms with Crippen molar-refractivity contribution in [2.24, 2.45) is 0 Å². The minimum Gasteiger partial charge on any atom is -0.395 e. The van der Waals surface area contributed by atoms with Crippen LogP contribution in [0.2, 0.25) is 0 Å². The van der Waals surface area contributed by atoms with Crippen LogP contribution in [0.4, 0.5) is 0 Å². The van der Waals surface area contributed by atoms with E-state index in [4.69, 9.17) is 10.2 Å². The maximum Gasteiger partial charge on any atom is 0.0584 e. The third-order valence-electron chi connectivity index (χ3n) is 2.91. The quantitative estimate of drug-likeness (QED) is 0.769. The van der Waals surface area contributed by atoms with Gasteiger partial charge in [0.15, 0.2) is 0 Å². The molecule has 1 rings (SSSR count). The van der Waals surface area contributed by atoms with E-state index in [1.165, 1.54) is 0 Å². The molecule has 1 aromatic carbocycles. The molecule has 0 saturated heterocycles. The van der Waals surface area contributed by atoms with Gasteiger partial charge in [-0.1, -0.05) is 30.0 Å². The summed E-state index contributed by atoms with van der Waals surface area (Å²) < 4.78 is 0. The van der Waals surface area contributed by atoms with Crippen molar-refractivity contribution in [3.63, 3.8) is 0 Å². The summed E-state index contributed by atoms with van der Waals surface area (Å²) in [6, 6.07) is 8.11. The van der Waals surface area contributed by atoms with E-state index in [-0.39, 0.29) is 19.3 Å². The Morgan fingerprint density at radius 3 is 2.67 bits per heavy atom. The zero-order valence-corrected chi connectivity index (χ0v) is 11.1. The van der Waals surface area contributed by atoms with Crippen LogP contribution < -0.4 is 0 Å². The van der Waals surface area contributed by atoms with Gasteiger partial charge in [0, 0.05) is 24.6 Å². The predicted octanol–water partition coefficient (Wildman–Crippen LogP) is 1.23. The Morgan fingerprint density at radius 1 is 1.28 bits per heavy atom.